The predicted molar refractivity (Wildman–Crippen MR) is 99.6 cm³/mol. The van der Waals surface area contributed by atoms with Gasteiger partial charge in [-0.05, 0) is 11.6 Å². The molecule has 0 saturated heterocycles. The van der Waals surface area contributed by atoms with Crippen molar-refractivity contribution in [3.8, 4) is 0 Å². The van der Waals surface area contributed by atoms with Gasteiger partial charge in [0.2, 0.25) is 5.69 Å². The van der Waals surface area contributed by atoms with Crippen LogP contribution in [0.25, 0.3) is 0 Å². The number of hydrogen-bond acceptors (Lipinski definition) is 1. The van der Waals surface area contributed by atoms with Gasteiger partial charge < -0.3 is 0 Å². The fourth-order valence-electron chi connectivity index (χ4n) is 4.22. The normalized spacial score (nSPS) is 15.7. The van der Waals surface area contributed by atoms with Crippen LogP contribution >= 0.6 is 0 Å². The van der Waals surface area contributed by atoms with Crippen molar-refractivity contribution in [1.82, 2.24) is 0 Å². The van der Waals surface area contributed by atoms with E-state index in [1.807, 2.05) is 4.68 Å². The van der Waals surface area contributed by atoms with Gasteiger partial charge in [0, 0.05) is 23.0 Å². The molecule has 0 fully saturated rings. The monoisotopic (exact) mass is 307 g/mol. The van der Waals surface area contributed by atoms with Crippen LogP contribution in [0.3, 0.4) is 0 Å². The van der Waals surface area contributed by atoms with E-state index in [1.54, 1.807) is 0 Å². The molecular weight excluding hydrogens is 279 g/mol. The molecule has 23 heavy (non-hydrogen) atoms. The molecule has 0 amide bonds. The van der Waals surface area contributed by atoms with Gasteiger partial charge in [-0.3, -0.25) is 0 Å². The van der Waals surface area contributed by atoms with Crippen LogP contribution in [0.4, 0.5) is 0 Å². The molecule has 0 radical (unpaired) electrons. The largest absolute Gasteiger partial charge is 0.300 e. The number of pyridine rings is 1. The second-order valence-electron chi connectivity index (χ2n) is 8.02. The number of rotatable bonds is 2. The Labute approximate surface area is 140 Å². The van der Waals surface area contributed by atoms with Crippen LogP contribution in [0.1, 0.15) is 64.3 Å². The van der Waals surface area contributed by atoms with Gasteiger partial charge in [0.1, 0.15) is 0 Å². The summed E-state index contributed by atoms with van der Waals surface area (Å²) in [6, 6.07) is 13.4. The highest BCUT2D eigenvalue weighted by Gasteiger charge is 2.47. The Morgan fingerprint density at radius 3 is 2.22 bits per heavy atom. The first-order chi connectivity index (χ1) is 10.8. The van der Waals surface area contributed by atoms with Crippen molar-refractivity contribution < 1.29 is 4.68 Å². The smallest absolute Gasteiger partial charge is 0.206 e. The molecule has 2 nitrogen and oxygen atoms in total. The van der Waals surface area contributed by atoms with Crippen molar-refractivity contribution >= 4 is 17.8 Å². The Hall–Kier alpha value is -1.77. The van der Waals surface area contributed by atoms with Crippen molar-refractivity contribution in [3.05, 3.63) is 53.2 Å². The summed E-state index contributed by atoms with van der Waals surface area (Å²) in [6.07, 6.45) is 0. The van der Waals surface area contributed by atoms with E-state index < -0.39 is 0 Å². The standard InChI is InChI=1S/C20H28BN2/c1-13(2)18-12-11-16-19(23(18)22)21(14(3)4)17-10-8-7-9-15(17)20(16,5)6/h7-14H,22H2,1-6H3/q+1. The molecule has 0 atom stereocenters. The molecule has 1 aliphatic heterocycles. The summed E-state index contributed by atoms with van der Waals surface area (Å²) in [6.45, 7) is 14.0. The van der Waals surface area contributed by atoms with Crippen molar-refractivity contribution in [2.24, 2.45) is 0 Å². The summed E-state index contributed by atoms with van der Waals surface area (Å²) in [7, 11) is 0. The summed E-state index contributed by atoms with van der Waals surface area (Å²) >= 11 is 0. The van der Waals surface area contributed by atoms with Crippen molar-refractivity contribution in [2.45, 2.75) is 58.7 Å². The lowest BCUT2D eigenvalue weighted by Gasteiger charge is -2.37. The molecular formula is C20H28BN2+. The highest BCUT2D eigenvalue weighted by atomic mass is 15.3. The minimum Gasteiger partial charge on any atom is -0.206 e. The summed E-state index contributed by atoms with van der Waals surface area (Å²) in [4.78, 5) is 0. The van der Waals surface area contributed by atoms with Gasteiger partial charge in [-0.1, -0.05) is 81.8 Å². The molecule has 1 aromatic heterocycles. The summed E-state index contributed by atoms with van der Waals surface area (Å²) < 4.78 is 1.97. The third-order valence-corrected chi connectivity index (χ3v) is 5.43. The first-order valence-corrected chi connectivity index (χ1v) is 8.70. The number of nitrogens with two attached hydrogens (primary N) is 1. The third-order valence-electron chi connectivity index (χ3n) is 5.43. The maximum absolute atomic E-state index is 6.63. The Kier molecular flexibility index (Phi) is 3.78. The van der Waals surface area contributed by atoms with Gasteiger partial charge in [0.25, 0.3) is 0 Å². The molecule has 2 N–H and O–H groups in total. The number of fused-ring (bicyclic) bond motifs is 2. The molecule has 2 heterocycles. The number of aromatic nitrogens is 1. The number of benzene rings is 1. The molecule has 0 spiro atoms. The Morgan fingerprint density at radius 1 is 0.957 bits per heavy atom. The van der Waals surface area contributed by atoms with E-state index in [1.165, 1.54) is 27.9 Å². The Bertz CT molecular complexity index is 747. The van der Waals surface area contributed by atoms with E-state index in [4.69, 9.17) is 5.84 Å². The van der Waals surface area contributed by atoms with Gasteiger partial charge in [0.15, 0.2) is 5.59 Å². The van der Waals surface area contributed by atoms with Crippen LogP contribution in [0.2, 0.25) is 5.82 Å². The second kappa shape index (κ2) is 5.40. The summed E-state index contributed by atoms with van der Waals surface area (Å²) in [5.74, 6) is 7.55. The quantitative estimate of drug-likeness (QED) is 0.515. The molecule has 2 aromatic rings. The Balaban J connectivity index is 2.37. The summed E-state index contributed by atoms with van der Waals surface area (Å²) in [5, 5.41) is 0. The first kappa shape index (κ1) is 16.1. The van der Waals surface area contributed by atoms with Crippen LogP contribution in [0.5, 0.6) is 0 Å². The number of nitrogen functional groups attached to an aromatic ring is 1. The van der Waals surface area contributed by atoms with Crippen LogP contribution in [0.15, 0.2) is 36.4 Å². The van der Waals surface area contributed by atoms with Gasteiger partial charge >= 0.3 is 6.71 Å². The molecule has 3 heteroatoms. The van der Waals surface area contributed by atoms with E-state index in [2.05, 4.69) is 77.9 Å². The van der Waals surface area contributed by atoms with E-state index in [0.717, 1.165) is 0 Å². The molecule has 0 bridgehead atoms. The predicted octanol–water partition coefficient (Wildman–Crippen LogP) is 2.47. The maximum Gasteiger partial charge on any atom is 0.300 e. The fraction of sp³-hybridized carbons (Fsp3) is 0.450. The molecule has 0 unspecified atom stereocenters. The van der Waals surface area contributed by atoms with E-state index >= 15 is 0 Å². The fourth-order valence-corrected chi connectivity index (χ4v) is 4.22. The number of nitrogens with zero attached hydrogens (tertiary/aromatic N) is 1. The van der Waals surface area contributed by atoms with Crippen LogP contribution in [0, 0.1) is 0 Å². The average molecular weight is 307 g/mol. The molecule has 0 aliphatic carbocycles. The molecule has 0 saturated carbocycles. The lowest BCUT2D eigenvalue weighted by Crippen LogP contribution is -2.73. The lowest BCUT2D eigenvalue weighted by molar-refractivity contribution is -0.631. The zero-order chi connectivity index (χ0) is 16.9. The van der Waals surface area contributed by atoms with E-state index in [9.17, 15) is 0 Å². The highest BCUT2D eigenvalue weighted by molar-refractivity contribution is 6.86. The zero-order valence-corrected chi connectivity index (χ0v) is 15.2. The molecule has 1 aromatic carbocycles. The van der Waals surface area contributed by atoms with Crippen LogP contribution in [-0.4, -0.2) is 6.71 Å². The molecule has 1 aliphatic rings. The lowest BCUT2D eigenvalue weighted by atomic mass is 9.31. The minimum absolute atomic E-state index is 0.0199. The SMILES string of the molecule is CC(C)B1c2ccccc2C(C)(C)c2ccc(C(C)C)[n+](N)c21. The van der Waals surface area contributed by atoms with Crippen molar-refractivity contribution in [2.75, 3.05) is 5.84 Å². The minimum atomic E-state index is -0.0199. The summed E-state index contributed by atoms with van der Waals surface area (Å²) in [5.41, 5.74) is 6.69. The third kappa shape index (κ3) is 2.29. The van der Waals surface area contributed by atoms with E-state index in [0.29, 0.717) is 18.4 Å². The topological polar surface area (TPSA) is 29.9 Å². The van der Waals surface area contributed by atoms with Gasteiger partial charge in [-0.15, -0.1) is 0 Å². The highest BCUT2D eigenvalue weighted by Crippen LogP contribution is 2.34. The first-order valence-electron chi connectivity index (χ1n) is 8.70. The van der Waals surface area contributed by atoms with Gasteiger partial charge in [-0.2, -0.15) is 0 Å². The average Bonchev–Trinajstić information content (AvgIpc) is 2.48. The van der Waals surface area contributed by atoms with Gasteiger partial charge in [-0.25, -0.2) is 5.84 Å². The zero-order valence-electron chi connectivity index (χ0n) is 15.2. The van der Waals surface area contributed by atoms with Crippen molar-refractivity contribution in [3.63, 3.8) is 0 Å². The van der Waals surface area contributed by atoms with Crippen LogP contribution < -0.4 is 21.6 Å². The number of hydrogen-bond donors (Lipinski definition) is 1. The molecule has 120 valence electrons. The molecule has 3 rings (SSSR count). The second-order valence-corrected chi connectivity index (χ2v) is 8.02. The van der Waals surface area contributed by atoms with Gasteiger partial charge in [0.05, 0.1) is 0 Å². The van der Waals surface area contributed by atoms with E-state index in [-0.39, 0.29) is 5.41 Å². The van der Waals surface area contributed by atoms with Crippen LogP contribution in [-0.2, 0) is 5.41 Å². The van der Waals surface area contributed by atoms with Crippen molar-refractivity contribution in [1.29, 1.82) is 0 Å². The maximum atomic E-state index is 6.63. The Morgan fingerprint density at radius 2 is 1.61 bits per heavy atom.